The molecule has 0 bridgehead atoms. The van der Waals surface area contributed by atoms with Gasteiger partial charge in [0.25, 0.3) is 0 Å². The molecule has 0 amide bonds. The average Bonchev–Trinajstić information content (AvgIpc) is 2.78. The molecule has 2 heterocycles. The highest BCUT2D eigenvalue weighted by molar-refractivity contribution is 7.09. The molecule has 0 spiro atoms. The van der Waals surface area contributed by atoms with Crippen LogP contribution in [0.4, 0.5) is 0 Å². The highest BCUT2D eigenvalue weighted by Gasteiger charge is 2.08. The Morgan fingerprint density at radius 1 is 1.38 bits per heavy atom. The van der Waals surface area contributed by atoms with Crippen molar-refractivity contribution >= 4 is 11.3 Å². The monoisotopic (exact) mass is 235 g/mol. The predicted octanol–water partition coefficient (Wildman–Crippen LogP) is 1.07. The zero-order valence-electron chi connectivity index (χ0n) is 8.71. The van der Waals surface area contributed by atoms with Crippen LogP contribution in [0, 0.1) is 0 Å². The normalized spacial score (nSPS) is 12.6. The number of thiazole rings is 1. The molecule has 1 atom stereocenters. The van der Waals surface area contributed by atoms with Crippen molar-refractivity contribution in [1.82, 2.24) is 9.97 Å². The first kappa shape index (κ1) is 11.2. The summed E-state index contributed by atoms with van der Waals surface area (Å²) >= 11 is 1.57. The van der Waals surface area contributed by atoms with E-state index >= 15 is 0 Å². The first-order valence-electron chi connectivity index (χ1n) is 5.01. The summed E-state index contributed by atoms with van der Waals surface area (Å²) < 4.78 is 0. The van der Waals surface area contributed by atoms with E-state index < -0.39 is 0 Å². The molecule has 0 radical (unpaired) electrons. The maximum Gasteiger partial charge on any atom is 0.0948 e. The van der Waals surface area contributed by atoms with Crippen molar-refractivity contribution in [3.8, 4) is 11.3 Å². The van der Waals surface area contributed by atoms with E-state index in [-0.39, 0.29) is 12.6 Å². The molecule has 1 unspecified atom stereocenters. The lowest BCUT2D eigenvalue weighted by atomic mass is 10.2. The molecule has 0 saturated carbocycles. The van der Waals surface area contributed by atoms with Crippen LogP contribution in [-0.2, 0) is 6.42 Å². The molecule has 0 aliphatic carbocycles. The lowest BCUT2D eigenvalue weighted by Gasteiger charge is -2.03. The van der Waals surface area contributed by atoms with Crippen molar-refractivity contribution < 1.29 is 5.11 Å². The van der Waals surface area contributed by atoms with E-state index in [2.05, 4.69) is 9.97 Å². The summed E-state index contributed by atoms with van der Waals surface area (Å²) in [5.74, 6) is 0. The second-order valence-electron chi connectivity index (χ2n) is 3.51. The third-order valence-electron chi connectivity index (χ3n) is 2.20. The van der Waals surface area contributed by atoms with Gasteiger partial charge < -0.3 is 10.8 Å². The molecule has 0 saturated heterocycles. The van der Waals surface area contributed by atoms with Crippen LogP contribution >= 0.6 is 11.3 Å². The van der Waals surface area contributed by atoms with Gasteiger partial charge in [-0.15, -0.1) is 11.3 Å². The Balaban J connectivity index is 2.14. The molecule has 2 aromatic rings. The standard InChI is InChI=1S/C11H13N3OS/c12-9(6-15)5-11-14-10(7-16-11)8-1-3-13-4-2-8/h1-4,7,9,15H,5-6,12H2. The van der Waals surface area contributed by atoms with E-state index in [1.165, 1.54) is 0 Å². The highest BCUT2D eigenvalue weighted by atomic mass is 32.1. The first-order chi connectivity index (χ1) is 7.79. The van der Waals surface area contributed by atoms with Crippen LogP contribution in [0.1, 0.15) is 5.01 Å². The highest BCUT2D eigenvalue weighted by Crippen LogP contribution is 2.21. The lowest BCUT2D eigenvalue weighted by molar-refractivity contribution is 0.265. The van der Waals surface area contributed by atoms with Gasteiger partial charge in [-0.2, -0.15) is 0 Å². The number of pyridine rings is 1. The van der Waals surface area contributed by atoms with E-state index in [0.29, 0.717) is 6.42 Å². The summed E-state index contributed by atoms with van der Waals surface area (Å²) in [6, 6.07) is 3.62. The van der Waals surface area contributed by atoms with E-state index in [0.717, 1.165) is 16.3 Å². The number of aliphatic hydroxyl groups is 1. The second kappa shape index (κ2) is 5.16. The van der Waals surface area contributed by atoms with Gasteiger partial charge in [0.05, 0.1) is 17.3 Å². The number of rotatable bonds is 4. The number of hydrogen-bond donors (Lipinski definition) is 2. The minimum Gasteiger partial charge on any atom is -0.395 e. The van der Waals surface area contributed by atoms with Crippen molar-refractivity contribution in [2.24, 2.45) is 5.73 Å². The molecular weight excluding hydrogens is 222 g/mol. The zero-order chi connectivity index (χ0) is 11.4. The molecule has 16 heavy (non-hydrogen) atoms. The molecule has 0 aliphatic rings. The fourth-order valence-electron chi connectivity index (χ4n) is 1.35. The van der Waals surface area contributed by atoms with Gasteiger partial charge in [-0.1, -0.05) is 0 Å². The van der Waals surface area contributed by atoms with Gasteiger partial charge in [0.15, 0.2) is 0 Å². The van der Waals surface area contributed by atoms with E-state index in [1.54, 1.807) is 23.7 Å². The molecule has 0 fully saturated rings. The smallest absolute Gasteiger partial charge is 0.0948 e. The Hall–Kier alpha value is -1.30. The van der Waals surface area contributed by atoms with Crippen LogP contribution in [0.25, 0.3) is 11.3 Å². The summed E-state index contributed by atoms with van der Waals surface area (Å²) in [5, 5.41) is 11.8. The average molecular weight is 235 g/mol. The molecule has 0 aliphatic heterocycles. The summed E-state index contributed by atoms with van der Waals surface area (Å²) in [7, 11) is 0. The van der Waals surface area contributed by atoms with E-state index in [9.17, 15) is 0 Å². The third-order valence-corrected chi connectivity index (χ3v) is 3.07. The Morgan fingerprint density at radius 3 is 2.81 bits per heavy atom. The summed E-state index contributed by atoms with van der Waals surface area (Å²) in [4.78, 5) is 8.43. The van der Waals surface area contributed by atoms with Crippen LogP contribution in [0.3, 0.4) is 0 Å². The number of nitrogens with two attached hydrogens (primary N) is 1. The largest absolute Gasteiger partial charge is 0.395 e. The minimum absolute atomic E-state index is 0.00975. The van der Waals surface area contributed by atoms with Gasteiger partial charge in [-0.3, -0.25) is 4.98 Å². The summed E-state index contributed by atoms with van der Waals surface area (Å²) in [5.41, 5.74) is 7.65. The Morgan fingerprint density at radius 2 is 2.12 bits per heavy atom. The van der Waals surface area contributed by atoms with Crippen molar-refractivity contribution in [3.63, 3.8) is 0 Å². The van der Waals surface area contributed by atoms with Gasteiger partial charge in [-0.05, 0) is 12.1 Å². The number of aromatic nitrogens is 2. The quantitative estimate of drug-likeness (QED) is 0.831. The maximum absolute atomic E-state index is 8.86. The summed E-state index contributed by atoms with van der Waals surface area (Å²) in [6.45, 7) is -0.00975. The van der Waals surface area contributed by atoms with Crippen molar-refractivity contribution in [2.45, 2.75) is 12.5 Å². The molecule has 2 rings (SSSR count). The molecule has 3 N–H and O–H groups in total. The number of aliphatic hydroxyl groups excluding tert-OH is 1. The Labute approximate surface area is 97.8 Å². The number of hydrogen-bond acceptors (Lipinski definition) is 5. The van der Waals surface area contributed by atoms with Crippen molar-refractivity contribution in [2.75, 3.05) is 6.61 Å². The fourth-order valence-corrected chi connectivity index (χ4v) is 2.25. The van der Waals surface area contributed by atoms with Crippen molar-refractivity contribution in [1.29, 1.82) is 0 Å². The van der Waals surface area contributed by atoms with Crippen LogP contribution < -0.4 is 5.73 Å². The van der Waals surface area contributed by atoms with Crippen LogP contribution in [0.15, 0.2) is 29.9 Å². The van der Waals surface area contributed by atoms with Crippen molar-refractivity contribution in [3.05, 3.63) is 34.9 Å². The molecular formula is C11H13N3OS. The maximum atomic E-state index is 8.86. The minimum atomic E-state index is -0.226. The van der Waals surface area contributed by atoms with Gasteiger partial charge in [-0.25, -0.2) is 4.98 Å². The molecule has 4 nitrogen and oxygen atoms in total. The Bertz CT molecular complexity index is 444. The third kappa shape index (κ3) is 2.63. The topological polar surface area (TPSA) is 72.0 Å². The van der Waals surface area contributed by atoms with E-state index in [1.807, 2.05) is 17.5 Å². The fraction of sp³-hybridized carbons (Fsp3) is 0.273. The van der Waals surface area contributed by atoms with Crippen LogP contribution in [0.5, 0.6) is 0 Å². The van der Waals surface area contributed by atoms with Gasteiger partial charge in [0.1, 0.15) is 0 Å². The molecule has 2 aromatic heterocycles. The van der Waals surface area contributed by atoms with Crippen LogP contribution in [0.2, 0.25) is 0 Å². The van der Waals surface area contributed by atoms with Gasteiger partial charge in [0, 0.05) is 35.8 Å². The zero-order valence-corrected chi connectivity index (χ0v) is 9.52. The first-order valence-corrected chi connectivity index (χ1v) is 5.89. The van der Waals surface area contributed by atoms with Gasteiger partial charge in [0.2, 0.25) is 0 Å². The second-order valence-corrected chi connectivity index (χ2v) is 4.45. The molecule has 5 heteroatoms. The van der Waals surface area contributed by atoms with Gasteiger partial charge >= 0.3 is 0 Å². The lowest BCUT2D eigenvalue weighted by Crippen LogP contribution is -2.26. The van der Waals surface area contributed by atoms with E-state index in [4.69, 9.17) is 10.8 Å². The predicted molar refractivity (Wildman–Crippen MR) is 64.1 cm³/mol. The SMILES string of the molecule is NC(CO)Cc1nc(-c2ccncc2)cs1. The summed E-state index contributed by atoms with van der Waals surface area (Å²) in [6.07, 6.45) is 4.11. The Kier molecular flexibility index (Phi) is 3.61. The molecule has 84 valence electrons. The number of nitrogens with zero attached hydrogens (tertiary/aromatic N) is 2. The molecule has 0 aromatic carbocycles. The van der Waals surface area contributed by atoms with Crippen LogP contribution in [-0.4, -0.2) is 27.7 Å².